The number of carbonyl (C=O) groups excluding carboxylic acids is 1. The third-order valence-corrected chi connectivity index (χ3v) is 6.24. The number of hydrogen-bond donors (Lipinski definition) is 1. The maximum absolute atomic E-state index is 12.2. The van der Waals surface area contributed by atoms with Crippen LogP contribution in [0.3, 0.4) is 0 Å². The number of thioether (sulfide) groups is 1. The molecule has 0 saturated heterocycles. The maximum atomic E-state index is 12.2. The highest BCUT2D eigenvalue weighted by Gasteiger charge is 2.18. The number of amides is 1. The van der Waals surface area contributed by atoms with Gasteiger partial charge in [0.15, 0.2) is 5.16 Å². The summed E-state index contributed by atoms with van der Waals surface area (Å²) in [7, 11) is 0. The normalized spacial score (nSPS) is 15.5. The molecule has 1 amide bonds. The first-order chi connectivity index (χ1) is 12.3. The van der Waals surface area contributed by atoms with E-state index in [0.29, 0.717) is 11.8 Å². The van der Waals surface area contributed by atoms with E-state index in [1.54, 1.807) is 11.3 Å². The zero-order chi connectivity index (χ0) is 17.1. The lowest BCUT2D eigenvalue weighted by atomic mass is 9.95. The largest absolute Gasteiger partial charge is 0.353 e. The second kappa shape index (κ2) is 7.58. The van der Waals surface area contributed by atoms with Crippen LogP contribution in [0.4, 0.5) is 0 Å². The van der Waals surface area contributed by atoms with Crippen LogP contribution >= 0.6 is 23.1 Å². The first-order valence-electron chi connectivity index (χ1n) is 8.61. The molecule has 3 aromatic rings. The lowest BCUT2D eigenvalue weighted by Crippen LogP contribution is -2.37. The smallest absolute Gasteiger partial charge is 0.230 e. The molecule has 1 aliphatic carbocycles. The molecule has 1 fully saturated rings. The molecule has 1 aliphatic rings. The monoisotopic (exact) mass is 372 g/mol. The van der Waals surface area contributed by atoms with E-state index in [0.717, 1.165) is 34.2 Å². The Bertz CT molecular complexity index is 852. The van der Waals surface area contributed by atoms with Crippen molar-refractivity contribution in [3.8, 4) is 11.3 Å². The molecule has 0 aliphatic heterocycles. The van der Waals surface area contributed by atoms with Gasteiger partial charge in [-0.25, -0.2) is 0 Å². The minimum Gasteiger partial charge on any atom is -0.353 e. The first-order valence-corrected chi connectivity index (χ1v) is 10.5. The van der Waals surface area contributed by atoms with Crippen LogP contribution in [0.15, 0.2) is 40.9 Å². The molecular formula is C18H20N4OS2. The van der Waals surface area contributed by atoms with Crippen LogP contribution < -0.4 is 5.32 Å². The van der Waals surface area contributed by atoms with E-state index in [4.69, 9.17) is 0 Å². The van der Waals surface area contributed by atoms with Gasteiger partial charge in [0.2, 0.25) is 10.9 Å². The number of nitrogens with one attached hydrogen (secondary N) is 1. The number of benzene rings is 1. The second-order valence-corrected chi connectivity index (χ2v) is 8.06. The van der Waals surface area contributed by atoms with Crippen molar-refractivity contribution in [2.24, 2.45) is 0 Å². The Labute approximate surface area is 154 Å². The summed E-state index contributed by atoms with van der Waals surface area (Å²) in [5, 5.41) is 14.5. The lowest BCUT2D eigenvalue weighted by Gasteiger charge is -2.22. The van der Waals surface area contributed by atoms with Crippen molar-refractivity contribution < 1.29 is 4.79 Å². The highest BCUT2D eigenvalue weighted by Crippen LogP contribution is 2.29. The molecule has 1 N–H and O–H groups in total. The fourth-order valence-electron chi connectivity index (χ4n) is 3.25. The summed E-state index contributed by atoms with van der Waals surface area (Å²) in [6, 6.07) is 10.5. The molecule has 4 rings (SSSR count). The van der Waals surface area contributed by atoms with Crippen LogP contribution in [0.2, 0.25) is 0 Å². The molecule has 130 valence electrons. The fraction of sp³-hybridized carbons (Fsp3) is 0.389. The number of fused-ring (bicyclic) bond motifs is 1. The van der Waals surface area contributed by atoms with Gasteiger partial charge in [0.25, 0.3) is 0 Å². The maximum Gasteiger partial charge on any atom is 0.230 e. The molecule has 1 saturated carbocycles. The van der Waals surface area contributed by atoms with Crippen LogP contribution in [-0.2, 0) is 4.79 Å². The van der Waals surface area contributed by atoms with E-state index in [1.165, 1.54) is 31.0 Å². The molecule has 25 heavy (non-hydrogen) atoms. The Morgan fingerprint density at radius 1 is 1.20 bits per heavy atom. The summed E-state index contributed by atoms with van der Waals surface area (Å²) in [5.41, 5.74) is 2.20. The Morgan fingerprint density at radius 3 is 2.80 bits per heavy atom. The van der Waals surface area contributed by atoms with Crippen LogP contribution in [0.5, 0.6) is 0 Å². The molecule has 2 aromatic heterocycles. The van der Waals surface area contributed by atoms with Gasteiger partial charge >= 0.3 is 0 Å². The number of hydrogen-bond acceptors (Lipinski definition) is 5. The van der Waals surface area contributed by atoms with Crippen LogP contribution in [0.25, 0.3) is 16.2 Å². The first kappa shape index (κ1) is 16.6. The van der Waals surface area contributed by atoms with Crippen LogP contribution in [0, 0.1) is 0 Å². The average Bonchev–Trinajstić information content (AvgIpc) is 3.24. The molecule has 0 unspecified atom stereocenters. The summed E-state index contributed by atoms with van der Waals surface area (Å²) in [5.74, 6) is 0.464. The van der Waals surface area contributed by atoms with Crippen molar-refractivity contribution in [1.82, 2.24) is 19.9 Å². The Kier molecular flexibility index (Phi) is 5.03. The summed E-state index contributed by atoms with van der Waals surface area (Å²) in [6.45, 7) is 0. The zero-order valence-corrected chi connectivity index (χ0v) is 15.5. The van der Waals surface area contributed by atoms with E-state index in [9.17, 15) is 4.79 Å². The zero-order valence-electron chi connectivity index (χ0n) is 13.9. The van der Waals surface area contributed by atoms with E-state index in [1.807, 2.05) is 22.6 Å². The van der Waals surface area contributed by atoms with Crippen molar-refractivity contribution in [2.45, 2.75) is 43.3 Å². The van der Waals surface area contributed by atoms with Gasteiger partial charge in [0, 0.05) is 11.4 Å². The summed E-state index contributed by atoms with van der Waals surface area (Å²) < 4.78 is 2.04. The minimum atomic E-state index is 0.0881. The van der Waals surface area contributed by atoms with Crippen LogP contribution in [-0.4, -0.2) is 32.3 Å². The van der Waals surface area contributed by atoms with Gasteiger partial charge in [-0.2, -0.15) is 0 Å². The highest BCUT2D eigenvalue weighted by atomic mass is 32.2. The van der Waals surface area contributed by atoms with E-state index in [-0.39, 0.29) is 5.91 Å². The quantitative estimate of drug-likeness (QED) is 0.688. The van der Waals surface area contributed by atoms with Crippen molar-refractivity contribution >= 4 is 34.0 Å². The highest BCUT2D eigenvalue weighted by molar-refractivity contribution is 7.99. The lowest BCUT2D eigenvalue weighted by molar-refractivity contribution is -0.119. The predicted molar refractivity (Wildman–Crippen MR) is 102 cm³/mol. The standard InChI is InChI=1S/C18H20N4OS2/c23-16(19-14-9-5-2-6-10-14)12-25-18-21-20-17-22(18)15(11-24-17)13-7-3-1-4-8-13/h1,3-4,7-8,11,14H,2,5-6,9-10,12H2,(H,19,23). The van der Waals surface area contributed by atoms with Crippen molar-refractivity contribution in [2.75, 3.05) is 5.75 Å². The molecule has 0 spiro atoms. The van der Waals surface area contributed by atoms with Gasteiger partial charge in [-0.05, 0) is 18.4 Å². The number of rotatable bonds is 5. The molecule has 1 aromatic carbocycles. The summed E-state index contributed by atoms with van der Waals surface area (Å²) >= 11 is 3.02. The fourth-order valence-corrected chi connectivity index (χ4v) is 4.90. The Morgan fingerprint density at radius 2 is 2.00 bits per heavy atom. The van der Waals surface area contributed by atoms with Gasteiger partial charge in [-0.1, -0.05) is 61.4 Å². The molecule has 0 atom stereocenters. The topological polar surface area (TPSA) is 59.3 Å². The number of thiazole rings is 1. The van der Waals surface area contributed by atoms with Crippen molar-refractivity contribution in [3.63, 3.8) is 0 Å². The second-order valence-electron chi connectivity index (χ2n) is 6.28. The van der Waals surface area contributed by atoms with Gasteiger partial charge in [-0.15, -0.1) is 21.5 Å². The van der Waals surface area contributed by atoms with E-state index in [2.05, 4.69) is 33.0 Å². The molecular weight excluding hydrogens is 352 g/mol. The molecule has 0 radical (unpaired) electrons. The Hall–Kier alpha value is -1.86. The molecule has 0 bridgehead atoms. The summed E-state index contributed by atoms with van der Waals surface area (Å²) in [6.07, 6.45) is 5.94. The van der Waals surface area contributed by atoms with Gasteiger partial charge in [-0.3, -0.25) is 9.20 Å². The Balaban J connectivity index is 1.46. The van der Waals surface area contributed by atoms with E-state index >= 15 is 0 Å². The number of carbonyl (C=O) groups is 1. The number of nitrogens with zero attached hydrogens (tertiary/aromatic N) is 3. The third kappa shape index (κ3) is 3.72. The van der Waals surface area contributed by atoms with Gasteiger partial charge in [0.05, 0.1) is 11.4 Å². The minimum absolute atomic E-state index is 0.0881. The third-order valence-electron chi connectivity index (χ3n) is 4.49. The van der Waals surface area contributed by atoms with E-state index < -0.39 is 0 Å². The van der Waals surface area contributed by atoms with Crippen molar-refractivity contribution in [1.29, 1.82) is 0 Å². The van der Waals surface area contributed by atoms with Gasteiger partial charge in [0.1, 0.15) is 0 Å². The predicted octanol–water partition coefficient (Wildman–Crippen LogP) is 4.00. The van der Waals surface area contributed by atoms with Crippen molar-refractivity contribution in [3.05, 3.63) is 35.7 Å². The molecule has 5 nitrogen and oxygen atoms in total. The van der Waals surface area contributed by atoms with Crippen LogP contribution in [0.1, 0.15) is 32.1 Å². The average molecular weight is 373 g/mol. The molecule has 7 heteroatoms. The SMILES string of the molecule is O=C(CSc1nnc2scc(-c3ccccc3)n12)NC1CCCCC1. The van der Waals surface area contributed by atoms with Gasteiger partial charge < -0.3 is 5.32 Å². The summed E-state index contributed by atoms with van der Waals surface area (Å²) in [4.78, 5) is 13.1. The number of aromatic nitrogens is 3. The molecule has 2 heterocycles.